The summed E-state index contributed by atoms with van der Waals surface area (Å²) in [4.78, 5) is 10.8. The largest absolute Gasteiger partial charge is 0.381 e. The van der Waals surface area contributed by atoms with Gasteiger partial charge in [-0.1, -0.05) is 27.7 Å². The number of Topliss-reactive ketones (excluding diaryl/α,β-unsaturated/α-hetero) is 1. The van der Waals surface area contributed by atoms with Crippen molar-refractivity contribution in [3.05, 3.63) is 0 Å². The molecule has 1 aliphatic heterocycles. The fourth-order valence-electron chi connectivity index (χ4n) is 1.18. The number of hydrogen-bond acceptors (Lipinski definition) is 2. The standard InChI is InChI=1S/C7H14O.C4H8O/c1-5(2)7(8)6(3)4;1-2-4-5-3-1/h5-6H,1-4H3;1-4H2. The summed E-state index contributed by atoms with van der Waals surface area (Å²) in [5.41, 5.74) is 0. The Morgan fingerprint density at radius 1 is 1.00 bits per heavy atom. The smallest absolute Gasteiger partial charge is 0.137 e. The fraction of sp³-hybridized carbons (Fsp3) is 0.909. The molecule has 78 valence electrons. The zero-order valence-corrected chi connectivity index (χ0v) is 9.30. The minimum Gasteiger partial charge on any atom is -0.381 e. The molecule has 0 aromatic heterocycles. The molecule has 1 heterocycles. The second-order valence-corrected chi connectivity index (χ2v) is 4.03. The second-order valence-electron chi connectivity index (χ2n) is 4.03. The molecule has 0 bridgehead atoms. The van der Waals surface area contributed by atoms with Gasteiger partial charge in [-0.2, -0.15) is 0 Å². The lowest BCUT2D eigenvalue weighted by atomic mass is 9.99. The molecule has 0 aromatic carbocycles. The SMILES string of the molecule is C1CCOC1.CC(C)C(=O)C(C)C. The van der Waals surface area contributed by atoms with Crippen molar-refractivity contribution in [3.8, 4) is 0 Å². The zero-order chi connectivity index (χ0) is 10.3. The number of carbonyl (C=O) groups excluding carboxylic acids is 1. The topological polar surface area (TPSA) is 26.3 Å². The Bertz CT molecular complexity index is 117. The average Bonchev–Trinajstić information content (AvgIpc) is 2.59. The van der Waals surface area contributed by atoms with Gasteiger partial charge in [0.25, 0.3) is 0 Å². The van der Waals surface area contributed by atoms with E-state index in [0.717, 1.165) is 13.2 Å². The molecule has 2 heteroatoms. The predicted molar refractivity (Wildman–Crippen MR) is 54.7 cm³/mol. The normalized spacial score (nSPS) is 15.8. The molecule has 2 nitrogen and oxygen atoms in total. The van der Waals surface area contributed by atoms with Crippen LogP contribution in [0, 0.1) is 11.8 Å². The molecule has 0 saturated carbocycles. The molecule has 0 amide bonds. The van der Waals surface area contributed by atoms with Gasteiger partial charge in [-0.15, -0.1) is 0 Å². The molecule has 0 spiro atoms. The van der Waals surface area contributed by atoms with E-state index < -0.39 is 0 Å². The van der Waals surface area contributed by atoms with E-state index >= 15 is 0 Å². The van der Waals surface area contributed by atoms with E-state index in [-0.39, 0.29) is 11.8 Å². The van der Waals surface area contributed by atoms with Crippen LogP contribution >= 0.6 is 0 Å². The number of hydrogen-bond donors (Lipinski definition) is 0. The van der Waals surface area contributed by atoms with Crippen molar-refractivity contribution >= 4 is 5.78 Å². The Morgan fingerprint density at radius 2 is 1.38 bits per heavy atom. The van der Waals surface area contributed by atoms with Crippen molar-refractivity contribution in [1.82, 2.24) is 0 Å². The van der Waals surface area contributed by atoms with Gasteiger partial charge in [0.05, 0.1) is 0 Å². The van der Waals surface area contributed by atoms with Crippen molar-refractivity contribution in [2.75, 3.05) is 13.2 Å². The zero-order valence-electron chi connectivity index (χ0n) is 9.30. The van der Waals surface area contributed by atoms with Crippen molar-refractivity contribution in [1.29, 1.82) is 0 Å². The van der Waals surface area contributed by atoms with Crippen LogP contribution in [0.4, 0.5) is 0 Å². The maximum absolute atomic E-state index is 10.8. The molecule has 1 aliphatic rings. The van der Waals surface area contributed by atoms with Gasteiger partial charge < -0.3 is 4.74 Å². The molecule has 13 heavy (non-hydrogen) atoms. The monoisotopic (exact) mass is 186 g/mol. The summed E-state index contributed by atoms with van der Waals surface area (Å²) in [5, 5.41) is 0. The summed E-state index contributed by atoms with van der Waals surface area (Å²) < 4.78 is 4.94. The van der Waals surface area contributed by atoms with Crippen LogP contribution in [0.25, 0.3) is 0 Å². The van der Waals surface area contributed by atoms with Crippen molar-refractivity contribution < 1.29 is 9.53 Å². The van der Waals surface area contributed by atoms with E-state index in [4.69, 9.17) is 4.74 Å². The molecule has 0 atom stereocenters. The molecule has 1 saturated heterocycles. The summed E-state index contributed by atoms with van der Waals surface area (Å²) in [6.45, 7) is 9.73. The summed E-state index contributed by atoms with van der Waals surface area (Å²) in [7, 11) is 0. The lowest BCUT2D eigenvalue weighted by Gasteiger charge is -2.05. The van der Waals surface area contributed by atoms with Crippen LogP contribution < -0.4 is 0 Å². The molecule has 1 fully saturated rings. The number of rotatable bonds is 2. The van der Waals surface area contributed by atoms with Crippen LogP contribution in [-0.4, -0.2) is 19.0 Å². The van der Waals surface area contributed by atoms with Gasteiger partial charge in [0.15, 0.2) is 0 Å². The van der Waals surface area contributed by atoms with Crippen LogP contribution in [0.15, 0.2) is 0 Å². The lowest BCUT2D eigenvalue weighted by Crippen LogP contribution is -2.13. The van der Waals surface area contributed by atoms with E-state index in [1.807, 2.05) is 27.7 Å². The van der Waals surface area contributed by atoms with Crippen LogP contribution in [0.3, 0.4) is 0 Å². The highest BCUT2D eigenvalue weighted by Gasteiger charge is 2.09. The minimum atomic E-state index is 0.204. The third kappa shape index (κ3) is 6.76. The number of ketones is 1. The average molecular weight is 186 g/mol. The van der Waals surface area contributed by atoms with E-state index in [1.54, 1.807) is 0 Å². The summed E-state index contributed by atoms with van der Waals surface area (Å²) in [5.74, 6) is 0.759. The highest BCUT2D eigenvalue weighted by molar-refractivity contribution is 5.81. The Kier molecular flexibility index (Phi) is 6.87. The van der Waals surface area contributed by atoms with Crippen molar-refractivity contribution in [3.63, 3.8) is 0 Å². The molecular weight excluding hydrogens is 164 g/mol. The van der Waals surface area contributed by atoms with Gasteiger partial charge in [0.2, 0.25) is 0 Å². The van der Waals surface area contributed by atoms with Gasteiger partial charge in [-0.3, -0.25) is 4.79 Å². The molecule has 0 radical (unpaired) electrons. The minimum absolute atomic E-state index is 0.204. The van der Waals surface area contributed by atoms with E-state index in [0.29, 0.717) is 5.78 Å². The van der Waals surface area contributed by atoms with Gasteiger partial charge >= 0.3 is 0 Å². The maximum Gasteiger partial charge on any atom is 0.137 e. The Hall–Kier alpha value is -0.370. The van der Waals surface area contributed by atoms with E-state index in [1.165, 1.54) is 12.8 Å². The van der Waals surface area contributed by atoms with Crippen molar-refractivity contribution in [2.24, 2.45) is 11.8 Å². The molecular formula is C11H22O2. The van der Waals surface area contributed by atoms with Crippen molar-refractivity contribution in [2.45, 2.75) is 40.5 Å². The number of carbonyl (C=O) groups is 1. The maximum atomic E-state index is 10.8. The Balaban J connectivity index is 0.000000243. The molecule has 0 N–H and O–H groups in total. The third-order valence-electron chi connectivity index (χ3n) is 1.97. The van der Waals surface area contributed by atoms with Gasteiger partial charge in [-0.25, -0.2) is 0 Å². The van der Waals surface area contributed by atoms with Gasteiger partial charge in [0.1, 0.15) is 5.78 Å². The lowest BCUT2D eigenvalue weighted by molar-refractivity contribution is -0.124. The fourth-order valence-corrected chi connectivity index (χ4v) is 1.18. The summed E-state index contributed by atoms with van der Waals surface area (Å²) >= 11 is 0. The second kappa shape index (κ2) is 7.07. The first kappa shape index (κ1) is 12.6. The van der Waals surface area contributed by atoms with E-state index in [2.05, 4.69) is 0 Å². The highest BCUT2D eigenvalue weighted by Crippen LogP contribution is 2.03. The van der Waals surface area contributed by atoms with Crippen LogP contribution in [-0.2, 0) is 9.53 Å². The van der Waals surface area contributed by atoms with E-state index in [9.17, 15) is 4.79 Å². The quantitative estimate of drug-likeness (QED) is 0.662. The Labute approximate surface area is 81.7 Å². The van der Waals surface area contributed by atoms with Crippen LogP contribution in [0.5, 0.6) is 0 Å². The molecule has 1 rings (SSSR count). The number of ether oxygens (including phenoxy) is 1. The molecule has 0 aromatic rings. The molecule has 0 aliphatic carbocycles. The molecule has 0 unspecified atom stereocenters. The van der Waals surface area contributed by atoms with Gasteiger partial charge in [0, 0.05) is 25.0 Å². The first-order valence-corrected chi connectivity index (χ1v) is 5.17. The van der Waals surface area contributed by atoms with Crippen LogP contribution in [0.1, 0.15) is 40.5 Å². The summed E-state index contributed by atoms with van der Waals surface area (Å²) in [6.07, 6.45) is 2.56. The van der Waals surface area contributed by atoms with Crippen LogP contribution in [0.2, 0.25) is 0 Å². The van der Waals surface area contributed by atoms with Gasteiger partial charge in [-0.05, 0) is 12.8 Å². The first-order valence-electron chi connectivity index (χ1n) is 5.17. The predicted octanol–water partition coefficient (Wildman–Crippen LogP) is 2.66. The summed E-state index contributed by atoms with van der Waals surface area (Å²) in [6, 6.07) is 0. The Morgan fingerprint density at radius 3 is 1.46 bits per heavy atom. The first-order chi connectivity index (χ1) is 6.05. The third-order valence-corrected chi connectivity index (χ3v) is 1.97. The highest BCUT2D eigenvalue weighted by atomic mass is 16.5.